The molecular weight excluding hydrogens is 416 g/mol. The predicted octanol–water partition coefficient (Wildman–Crippen LogP) is 4.16. The Hall–Kier alpha value is -3.74. The van der Waals surface area contributed by atoms with Gasteiger partial charge in [0, 0.05) is 43.4 Å². The van der Waals surface area contributed by atoms with Crippen molar-refractivity contribution in [2.24, 2.45) is 0 Å². The van der Waals surface area contributed by atoms with Crippen LogP contribution in [0.15, 0.2) is 53.1 Å². The molecule has 1 saturated heterocycles. The third kappa shape index (κ3) is 3.44. The minimum absolute atomic E-state index is 0.0103. The van der Waals surface area contributed by atoms with Gasteiger partial charge in [0.25, 0.3) is 17.5 Å². The minimum Gasteiger partial charge on any atom is -0.336 e. The molecule has 0 N–H and O–H groups in total. The van der Waals surface area contributed by atoms with Gasteiger partial charge in [0.2, 0.25) is 0 Å². The normalized spacial score (nSPS) is 16.5. The first kappa shape index (κ1) is 19.9. The second-order valence-corrected chi connectivity index (χ2v) is 8.93. The van der Waals surface area contributed by atoms with E-state index in [1.165, 1.54) is 0 Å². The number of amides is 2. The average Bonchev–Trinajstić information content (AvgIpc) is 3.65. The summed E-state index contributed by atoms with van der Waals surface area (Å²) in [7, 11) is 0. The molecule has 7 heteroatoms. The molecule has 4 aromatic rings. The maximum Gasteiger partial charge on any atom is 0.259 e. The van der Waals surface area contributed by atoms with Crippen molar-refractivity contribution in [3.63, 3.8) is 0 Å². The molecule has 2 aliphatic rings. The molecule has 3 heterocycles. The van der Waals surface area contributed by atoms with Gasteiger partial charge in [-0.1, -0.05) is 41.6 Å². The molecular formula is C26H24N4O3. The third-order valence-corrected chi connectivity index (χ3v) is 6.74. The van der Waals surface area contributed by atoms with Crippen LogP contribution in [0.2, 0.25) is 0 Å². The summed E-state index contributed by atoms with van der Waals surface area (Å²) < 4.78 is 5.39. The molecule has 6 rings (SSSR count). The summed E-state index contributed by atoms with van der Waals surface area (Å²) >= 11 is 0. The number of aryl methyl sites for hydroxylation is 1. The second-order valence-electron chi connectivity index (χ2n) is 8.93. The van der Waals surface area contributed by atoms with Crippen LogP contribution < -0.4 is 0 Å². The van der Waals surface area contributed by atoms with Crippen LogP contribution in [0.25, 0.3) is 21.9 Å². The molecule has 0 atom stereocenters. The van der Waals surface area contributed by atoms with E-state index >= 15 is 0 Å². The van der Waals surface area contributed by atoms with Gasteiger partial charge in [0.15, 0.2) is 0 Å². The fourth-order valence-electron chi connectivity index (χ4n) is 4.74. The summed E-state index contributed by atoms with van der Waals surface area (Å²) in [6, 6.07) is 15.7. The van der Waals surface area contributed by atoms with E-state index in [1.807, 2.05) is 65.3 Å². The van der Waals surface area contributed by atoms with Gasteiger partial charge in [-0.05, 0) is 42.7 Å². The number of pyridine rings is 1. The topological polar surface area (TPSA) is 79.5 Å². The summed E-state index contributed by atoms with van der Waals surface area (Å²) in [6.07, 6.45) is 2.18. The third-order valence-electron chi connectivity index (χ3n) is 6.74. The maximum absolute atomic E-state index is 13.5. The molecule has 0 radical (unpaired) electrons. The van der Waals surface area contributed by atoms with Crippen LogP contribution in [0, 0.1) is 6.92 Å². The Kier molecular flexibility index (Phi) is 4.64. The number of fused-ring (bicyclic) bond motifs is 2. The van der Waals surface area contributed by atoms with E-state index in [2.05, 4.69) is 10.1 Å². The van der Waals surface area contributed by atoms with Crippen LogP contribution in [0.1, 0.15) is 50.9 Å². The van der Waals surface area contributed by atoms with Crippen molar-refractivity contribution >= 4 is 33.7 Å². The fourth-order valence-corrected chi connectivity index (χ4v) is 4.74. The standard InChI is InChI=1S/C26H24N4O3/c1-16-23-21(15-22(18-9-10-18)27-24(23)33-28-16)26(32)30-13-11-29(12-14-30)25(31)20-8-4-6-17-5-2-3-7-19(17)20/h2-8,15,18H,9-14H2,1H3. The van der Waals surface area contributed by atoms with E-state index in [4.69, 9.17) is 4.52 Å². The molecule has 1 aliphatic heterocycles. The quantitative estimate of drug-likeness (QED) is 0.478. The molecule has 1 saturated carbocycles. The predicted molar refractivity (Wildman–Crippen MR) is 124 cm³/mol. The summed E-state index contributed by atoms with van der Waals surface area (Å²) in [5, 5.41) is 6.74. The highest BCUT2D eigenvalue weighted by Crippen LogP contribution is 2.40. The van der Waals surface area contributed by atoms with Crippen molar-refractivity contribution in [2.45, 2.75) is 25.7 Å². The van der Waals surface area contributed by atoms with Gasteiger partial charge in [0.05, 0.1) is 16.6 Å². The number of nitrogens with zero attached hydrogens (tertiary/aromatic N) is 4. The van der Waals surface area contributed by atoms with Gasteiger partial charge in [-0.2, -0.15) is 0 Å². The second kappa shape index (κ2) is 7.69. The van der Waals surface area contributed by atoms with Crippen molar-refractivity contribution < 1.29 is 14.1 Å². The van der Waals surface area contributed by atoms with Crippen LogP contribution in [-0.4, -0.2) is 57.9 Å². The summed E-state index contributed by atoms with van der Waals surface area (Å²) in [5.74, 6) is 0.366. The number of rotatable bonds is 3. The Bertz CT molecular complexity index is 1390. The van der Waals surface area contributed by atoms with E-state index in [0.29, 0.717) is 60.0 Å². The number of aromatic nitrogens is 2. The van der Waals surface area contributed by atoms with Crippen molar-refractivity contribution in [2.75, 3.05) is 26.2 Å². The monoisotopic (exact) mass is 440 g/mol. The highest BCUT2D eigenvalue weighted by molar-refractivity contribution is 6.08. The highest BCUT2D eigenvalue weighted by atomic mass is 16.5. The largest absolute Gasteiger partial charge is 0.336 e. The molecule has 33 heavy (non-hydrogen) atoms. The first-order valence-corrected chi connectivity index (χ1v) is 11.4. The average molecular weight is 441 g/mol. The van der Waals surface area contributed by atoms with Crippen LogP contribution in [-0.2, 0) is 0 Å². The van der Waals surface area contributed by atoms with Gasteiger partial charge < -0.3 is 14.3 Å². The Labute approximate surface area is 191 Å². The summed E-state index contributed by atoms with van der Waals surface area (Å²) in [5.41, 5.74) is 3.33. The number of hydrogen-bond acceptors (Lipinski definition) is 5. The molecule has 1 aliphatic carbocycles. The number of hydrogen-bond donors (Lipinski definition) is 0. The lowest BCUT2D eigenvalue weighted by Crippen LogP contribution is -2.50. The molecule has 166 valence electrons. The van der Waals surface area contributed by atoms with E-state index in [0.717, 1.165) is 29.3 Å². The Morgan fingerprint density at radius 2 is 1.58 bits per heavy atom. The minimum atomic E-state index is -0.0483. The van der Waals surface area contributed by atoms with E-state index < -0.39 is 0 Å². The lowest BCUT2D eigenvalue weighted by molar-refractivity contribution is 0.0537. The van der Waals surface area contributed by atoms with Crippen molar-refractivity contribution in [3.05, 3.63) is 71.0 Å². The Morgan fingerprint density at radius 3 is 2.30 bits per heavy atom. The number of benzene rings is 2. The lowest BCUT2D eigenvalue weighted by Gasteiger charge is -2.35. The van der Waals surface area contributed by atoms with Crippen LogP contribution in [0.3, 0.4) is 0 Å². The lowest BCUT2D eigenvalue weighted by atomic mass is 10.0. The molecule has 2 fully saturated rings. The Morgan fingerprint density at radius 1 is 0.909 bits per heavy atom. The molecule has 2 amide bonds. The number of carbonyl (C=O) groups is 2. The SMILES string of the molecule is Cc1noc2nc(C3CC3)cc(C(=O)N3CCN(C(=O)c4cccc5ccccc45)CC3)c12. The van der Waals surface area contributed by atoms with Gasteiger partial charge in [-0.3, -0.25) is 9.59 Å². The van der Waals surface area contributed by atoms with Crippen molar-refractivity contribution in [3.8, 4) is 0 Å². The molecule has 7 nitrogen and oxygen atoms in total. The molecule has 2 aromatic carbocycles. The summed E-state index contributed by atoms with van der Waals surface area (Å²) in [4.78, 5) is 35.0. The van der Waals surface area contributed by atoms with Crippen molar-refractivity contribution in [1.29, 1.82) is 0 Å². The van der Waals surface area contributed by atoms with Crippen LogP contribution in [0.4, 0.5) is 0 Å². The molecule has 0 unspecified atom stereocenters. The van der Waals surface area contributed by atoms with Crippen molar-refractivity contribution in [1.82, 2.24) is 19.9 Å². The number of carbonyl (C=O) groups excluding carboxylic acids is 2. The molecule has 0 bridgehead atoms. The smallest absolute Gasteiger partial charge is 0.259 e. The number of piperazine rings is 1. The van der Waals surface area contributed by atoms with Crippen LogP contribution in [0.5, 0.6) is 0 Å². The van der Waals surface area contributed by atoms with E-state index in [1.54, 1.807) is 0 Å². The zero-order valence-corrected chi connectivity index (χ0v) is 18.5. The van der Waals surface area contributed by atoms with Gasteiger partial charge in [0.1, 0.15) is 0 Å². The summed E-state index contributed by atoms with van der Waals surface area (Å²) in [6.45, 7) is 3.81. The van der Waals surface area contributed by atoms with E-state index in [-0.39, 0.29) is 11.8 Å². The first-order chi connectivity index (χ1) is 16.1. The van der Waals surface area contributed by atoms with Gasteiger partial charge >= 0.3 is 0 Å². The fraction of sp³-hybridized carbons (Fsp3) is 0.308. The van der Waals surface area contributed by atoms with Gasteiger partial charge in [-0.15, -0.1) is 0 Å². The zero-order valence-electron chi connectivity index (χ0n) is 18.5. The van der Waals surface area contributed by atoms with Gasteiger partial charge in [-0.25, -0.2) is 4.98 Å². The van der Waals surface area contributed by atoms with E-state index in [9.17, 15) is 9.59 Å². The van der Waals surface area contributed by atoms with Crippen LogP contribution >= 0.6 is 0 Å². The first-order valence-electron chi connectivity index (χ1n) is 11.4. The maximum atomic E-state index is 13.5. The zero-order chi connectivity index (χ0) is 22.5. The Balaban J connectivity index is 1.23. The molecule has 0 spiro atoms. The molecule has 2 aromatic heterocycles. The highest BCUT2D eigenvalue weighted by Gasteiger charge is 2.31.